The van der Waals surface area contributed by atoms with Gasteiger partial charge in [-0.3, -0.25) is 9.59 Å². The van der Waals surface area contributed by atoms with Gasteiger partial charge in [0.25, 0.3) is 5.91 Å². The first-order valence-corrected chi connectivity index (χ1v) is 13.6. The van der Waals surface area contributed by atoms with Gasteiger partial charge in [0, 0.05) is 29.4 Å². The number of rotatable bonds is 0. The van der Waals surface area contributed by atoms with Gasteiger partial charge in [0.2, 0.25) is 5.91 Å². The third kappa shape index (κ3) is 3.54. The lowest BCUT2D eigenvalue weighted by Crippen LogP contribution is -2.52. The Morgan fingerprint density at radius 2 is 1.76 bits per heavy atom. The zero-order valence-electron chi connectivity index (χ0n) is 20.1. The quantitative estimate of drug-likeness (QED) is 0.306. The highest BCUT2D eigenvalue weighted by molar-refractivity contribution is 7.99. The van der Waals surface area contributed by atoms with Gasteiger partial charge in [0.15, 0.2) is 5.16 Å². The lowest BCUT2D eigenvalue weighted by atomic mass is 9.93. The Kier molecular flexibility index (Phi) is 5.32. The fourth-order valence-corrected chi connectivity index (χ4v) is 6.86. The summed E-state index contributed by atoms with van der Waals surface area (Å²) < 4.78 is 1.98. The number of aromatic nitrogens is 2. The smallest absolute Gasteiger partial charge is 0.272 e. The lowest BCUT2D eigenvalue weighted by molar-refractivity contribution is -0.120. The molecule has 9 heteroatoms. The fourth-order valence-electron chi connectivity index (χ4n) is 5.55. The van der Waals surface area contributed by atoms with E-state index in [0.29, 0.717) is 35.1 Å². The zero-order chi connectivity index (χ0) is 26.0. The topological polar surface area (TPSA) is 82.2 Å². The van der Waals surface area contributed by atoms with Crippen molar-refractivity contribution in [3.05, 3.63) is 88.7 Å². The Balaban J connectivity index is 1.45. The molecule has 0 N–H and O–H groups in total. The minimum absolute atomic E-state index is 0.0247. The number of thioether (sulfide) groups is 1. The predicted molar refractivity (Wildman–Crippen MR) is 146 cm³/mol. The van der Waals surface area contributed by atoms with Crippen LogP contribution in [0.15, 0.2) is 72.0 Å². The van der Waals surface area contributed by atoms with E-state index in [0.717, 1.165) is 38.7 Å². The normalized spacial score (nSPS) is 17.8. The average Bonchev–Trinajstić information content (AvgIpc) is 3.55. The summed E-state index contributed by atoms with van der Waals surface area (Å²) in [6, 6.07) is 21.6. The minimum atomic E-state index is -0.207. The van der Waals surface area contributed by atoms with Crippen LogP contribution in [0.2, 0.25) is 5.02 Å². The number of carbonyl (C=O) groups is 2. The Hall–Kier alpha value is -4.06. The van der Waals surface area contributed by atoms with Crippen LogP contribution in [0.1, 0.15) is 27.7 Å². The molecule has 1 atom stereocenters. The molecule has 0 spiro atoms. The lowest BCUT2D eigenvalue weighted by Gasteiger charge is -2.35. The second kappa shape index (κ2) is 8.76. The highest BCUT2D eigenvalue weighted by Gasteiger charge is 2.35. The average molecular weight is 538 g/mol. The highest BCUT2D eigenvalue weighted by atomic mass is 35.5. The van der Waals surface area contributed by atoms with Crippen molar-refractivity contribution >= 4 is 40.9 Å². The molecule has 0 saturated carbocycles. The van der Waals surface area contributed by atoms with E-state index in [9.17, 15) is 14.9 Å². The number of hydrogen-bond donors (Lipinski definition) is 0. The summed E-state index contributed by atoms with van der Waals surface area (Å²) in [5.74, 6) is 0.364. The van der Waals surface area contributed by atoms with Crippen molar-refractivity contribution in [3.8, 4) is 28.3 Å². The Morgan fingerprint density at radius 3 is 2.53 bits per heavy atom. The maximum Gasteiger partial charge on any atom is 0.272 e. The van der Waals surface area contributed by atoms with E-state index < -0.39 is 0 Å². The van der Waals surface area contributed by atoms with E-state index in [-0.39, 0.29) is 24.4 Å². The van der Waals surface area contributed by atoms with Gasteiger partial charge in [-0.2, -0.15) is 5.26 Å². The molecule has 1 aromatic heterocycles. The van der Waals surface area contributed by atoms with Gasteiger partial charge in [-0.05, 0) is 46.5 Å². The van der Waals surface area contributed by atoms with E-state index in [2.05, 4.69) is 17.1 Å². The number of fused-ring (bicyclic) bond motifs is 2. The van der Waals surface area contributed by atoms with Gasteiger partial charge < -0.3 is 14.4 Å². The van der Waals surface area contributed by atoms with Crippen molar-refractivity contribution < 1.29 is 9.59 Å². The number of piperazine rings is 1. The van der Waals surface area contributed by atoms with Gasteiger partial charge in [0.1, 0.15) is 12.2 Å². The van der Waals surface area contributed by atoms with Crippen molar-refractivity contribution in [2.45, 2.75) is 11.2 Å². The minimum Gasteiger partial charge on any atom is -0.326 e. The molecule has 5 aliphatic rings. The number of nitriles is 1. The van der Waals surface area contributed by atoms with Crippen LogP contribution in [-0.2, 0) is 4.79 Å². The van der Waals surface area contributed by atoms with E-state index in [1.54, 1.807) is 33.8 Å². The van der Waals surface area contributed by atoms with Crippen molar-refractivity contribution in [1.29, 1.82) is 5.26 Å². The number of carbonyl (C=O) groups excluding carboxylic acids is 2. The van der Waals surface area contributed by atoms with Crippen LogP contribution in [0.3, 0.4) is 0 Å². The zero-order valence-corrected chi connectivity index (χ0v) is 21.7. The molecule has 3 aromatic carbocycles. The maximum absolute atomic E-state index is 13.7. The molecular formula is C29H20ClN5O2S. The van der Waals surface area contributed by atoms with Crippen molar-refractivity contribution in [2.75, 3.05) is 30.3 Å². The maximum atomic E-state index is 13.7. The van der Waals surface area contributed by atoms with Gasteiger partial charge in [-0.25, -0.2) is 4.98 Å². The molecule has 7 nitrogen and oxygen atoms in total. The highest BCUT2D eigenvalue weighted by Crippen LogP contribution is 2.41. The summed E-state index contributed by atoms with van der Waals surface area (Å²) in [7, 11) is 0. The Labute approximate surface area is 228 Å². The van der Waals surface area contributed by atoms with Crippen LogP contribution >= 0.6 is 23.4 Å². The molecule has 0 radical (unpaired) electrons. The molecule has 186 valence electrons. The summed E-state index contributed by atoms with van der Waals surface area (Å²) in [4.78, 5) is 35.0. The van der Waals surface area contributed by atoms with Gasteiger partial charge in [-0.15, -0.1) is 0 Å². The molecule has 1 saturated heterocycles. The van der Waals surface area contributed by atoms with Crippen LogP contribution in [0.4, 0.5) is 5.69 Å². The van der Waals surface area contributed by atoms with Crippen LogP contribution in [0.5, 0.6) is 0 Å². The largest absolute Gasteiger partial charge is 0.326 e. The Morgan fingerprint density at radius 1 is 0.974 bits per heavy atom. The standard InChI is InChI=1S/C29H20ClN5O2S/c30-21-7-8-22-17-1-3-18(4-2-17)23-11-19(5-6-20(23)13-31)26-16-38-29-32-14-25(35(26)29)28(37)33-9-10-34(24(22)12-21)27(36)15-33/h1-8,11-12,14,26H,9-10,15-16H2. The number of halogens is 1. The summed E-state index contributed by atoms with van der Waals surface area (Å²) in [5, 5.41) is 11.2. The second-order valence-corrected chi connectivity index (χ2v) is 11.0. The Bertz CT molecular complexity index is 1690. The monoisotopic (exact) mass is 537 g/mol. The first-order valence-electron chi connectivity index (χ1n) is 12.3. The third-order valence-corrected chi connectivity index (χ3v) is 8.76. The molecule has 6 bridgehead atoms. The van der Waals surface area contributed by atoms with Crippen molar-refractivity contribution in [2.24, 2.45) is 0 Å². The van der Waals surface area contributed by atoms with Gasteiger partial charge in [-0.1, -0.05) is 59.8 Å². The summed E-state index contributed by atoms with van der Waals surface area (Å²) in [6.45, 7) is 0.735. The molecule has 38 heavy (non-hydrogen) atoms. The van der Waals surface area contributed by atoms with Crippen molar-refractivity contribution in [3.63, 3.8) is 0 Å². The number of nitrogens with zero attached hydrogens (tertiary/aromatic N) is 5. The molecule has 1 fully saturated rings. The summed E-state index contributed by atoms with van der Waals surface area (Å²) in [5.41, 5.74) is 6.35. The molecule has 4 aromatic rings. The predicted octanol–water partition coefficient (Wildman–Crippen LogP) is 5.24. The molecule has 9 rings (SSSR count). The molecule has 2 amide bonds. The molecule has 1 unspecified atom stereocenters. The first-order chi connectivity index (χ1) is 18.5. The number of imidazole rings is 1. The van der Waals surface area contributed by atoms with Crippen LogP contribution in [0.25, 0.3) is 22.3 Å². The van der Waals surface area contributed by atoms with Gasteiger partial charge in [0.05, 0.1) is 29.6 Å². The van der Waals surface area contributed by atoms with Crippen LogP contribution in [-0.4, -0.2) is 51.7 Å². The van der Waals surface area contributed by atoms with E-state index in [1.807, 2.05) is 53.1 Å². The molecular weight excluding hydrogens is 518 g/mol. The number of benzene rings is 3. The fraction of sp³-hybridized carbons (Fsp3) is 0.172. The molecule has 5 aliphatic heterocycles. The summed E-state index contributed by atoms with van der Waals surface area (Å²) in [6.07, 6.45) is 1.61. The van der Waals surface area contributed by atoms with E-state index in [1.165, 1.54) is 0 Å². The SMILES string of the molecule is N#Cc1ccc2cc1-c1ccc(cc1)-c1ccc(Cl)cc1N1CCN(CC1=O)C(=O)c1cnc3n1C2CS3. The van der Waals surface area contributed by atoms with Gasteiger partial charge >= 0.3 is 0 Å². The van der Waals surface area contributed by atoms with E-state index >= 15 is 0 Å². The second-order valence-electron chi connectivity index (χ2n) is 9.55. The molecule has 0 aliphatic carbocycles. The third-order valence-electron chi connectivity index (χ3n) is 7.48. The van der Waals surface area contributed by atoms with E-state index in [4.69, 9.17) is 11.6 Å². The van der Waals surface area contributed by atoms with Crippen molar-refractivity contribution in [1.82, 2.24) is 14.5 Å². The number of hydrogen-bond acceptors (Lipinski definition) is 5. The van der Waals surface area contributed by atoms with Crippen LogP contribution in [0, 0.1) is 11.3 Å². The first kappa shape index (κ1) is 23.1. The number of amides is 2. The molecule has 6 heterocycles. The van der Waals surface area contributed by atoms with Crippen LogP contribution < -0.4 is 4.90 Å². The summed E-state index contributed by atoms with van der Waals surface area (Å²) >= 11 is 7.97. The number of anilines is 1.